The van der Waals surface area contributed by atoms with Crippen LogP contribution >= 0.6 is 0 Å². The van der Waals surface area contributed by atoms with Crippen molar-refractivity contribution in [3.63, 3.8) is 0 Å². The van der Waals surface area contributed by atoms with E-state index in [1.165, 1.54) is 36.4 Å². The zero-order valence-corrected chi connectivity index (χ0v) is 22.6. The predicted octanol–water partition coefficient (Wildman–Crippen LogP) is 4.34. The average Bonchev–Trinajstić information content (AvgIpc) is 2.81. The molecule has 0 radical (unpaired) electrons. The third-order valence-electron chi connectivity index (χ3n) is 5.11. The molecule has 2 aromatic carbocycles. The molecule has 0 aliphatic heterocycles. The highest BCUT2D eigenvalue weighted by molar-refractivity contribution is 7.90. The van der Waals surface area contributed by atoms with Crippen LogP contribution in [0, 0.1) is 13.8 Å². The van der Waals surface area contributed by atoms with Gasteiger partial charge in [-0.1, -0.05) is 55.2 Å². The van der Waals surface area contributed by atoms with E-state index in [9.17, 15) is 26.4 Å². The summed E-state index contributed by atoms with van der Waals surface area (Å²) in [5, 5.41) is 0. The second-order valence-electron chi connectivity index (χ2n) is 8.30. The summed E-state index contributed by atoms with van der Waals surface area (Å²) in [5.41, 5.74) is 1.73. The number of benzene rings is 2. The SMILES string of the molecule is CCCCCC(/C=C\COC(=O)NS(=O)(=O)c1ccc(C)cc1)OC(=O)NS(=O)(=O)c1ccc(C)cc1. The van der Waals surface area contributed by atoms with Crippen molar-refractivity contribution in [1.82, 2.24) is 9.44 Å². The first kappa shape index (κ1) is 29.8. The van der Waals surface area contributed by atoms with Crippen LogP contribution in [0.25, 0.3) is 0 Å². The number of carbonyl (C=O) groups is 2. The molecule has 2 amide bonds. The van der Waals surface area contributed by atoms with Crippen LogP contribution < -0.4 is 9.44 Å². The van der Waals surface area contributed by atoms with E-state index in [0.717, 1.165) is 24.0 Å². The molecule has 0 spiro atoms. The van der Waals surface area contributed by atoms with E-state index in [-0.39, 0.29) is 16.4 Å². The molecule has 2 rings (SSSR count). The van der Waals surface area contributed by atoms with E-state index < -0.39 is 38.3 Å². The van der Waals surface area contributed by atoms with Gasteiger partial charge in [0.1, 0.15) is 12.7 Å². The fourth-order valence-electron chi connectivity index (χ4n) is 3.08. The normalized spacial score (nSPS) is 12.6. The smallest absolute Gasteiger partial charge is 0.421 e. The first-order chi connectivity index (χ1) is 17.4. The van der Waals surface area contributed by atoms with E-state index in [1.807, 2.05) is 23.3 Å². The molecule has 1 atom stereocenters. The molecule has 1 unspecified atom stereocenters. The summed E-state index contributed by atoms with van der Waals surface area (Å²) in [6.07, 6.45) is 2.64. The van der Waals surface area contributed by atoms with Gasteiger partial charge in [-0.3, -0.25) is 0 Å². The molecule has 202 valence electrons. The Balaban J connectivity index is 1.93. The maximum absolute atomic E-state index is 12.4. The number of amides is 2. The van der Waals surface area contributed by atoms with Crippen molar-refractivity contribution in [2.45, 2.75) is 62.3 Å². The minimum Gasteiger partial charge on any atom is -0.445 e. The molecular formula is C25H32N2O8S2. The summed E-state index contributed by atoms with van der Waals surface area (Å²) in [4.78, 5) is 24.1. The van der Waals surface area contributed by atoms with Crippen LogP contribution in [0.15, 0.2) is 70.5 Å². The Bertz CT molecular complexity index is 1290. The number of nitrogens with one attached hydrogen (secondary N) is 2. The highest BCUT2D eigenvalue weighted by atomic mass is 32.2. The lowest BCUT2D eigenvalue weighted by Gasteiger charge is -2.15. The molecule has 0 saturated carbocycles. The predicted molar refractivity (Wildman–Crippen MR) is 138 cm³/mol. The van der Waals surface area contributed by atoms with Gasteiger partial charge in [0.2, 0.25) is 0 Å². The van der Waals surface area contributed by atoms with Gasteiger partial charge in [-0.05, 0) is 63.1 Å². The molecule has 37 heavy (non-hydrogen) atoms. The summed E-state index contributed by atoms with van der Waals surface area (Å²) in [6, 6.07) is 11.9. The zero-order chi connectivity index (χ0) is 27.5. The number of hydrogen-bond donors (Lipinski definition) is 2. The van der Waals surface area contributed by atoms with Crippen LogP contribution in [0.1, 0.15) is 43.7 Å². The van der Waals surface area contributed by atoms with Gasteiger partial charge in [-0.2, -0.15) is 0 Å². The monoisotopic (exact) mass is 552 g/mol. The lowest BCUT2D eigenvalue weighted by molar-refractivity contribution is 0.119. The molecule has 0 bridgehead atoms. The Morgan fingerprint density at radius 2 is 1.30 bits per heavy atom. The number of sulfonamides is 2. The Labute approximate surface area is 218 Å². The fourth-order valence-corrected chi connectivity index (χ4v) is 4.85. The van der Waals surface area contributed by atoms with Gasteiger partial charge in [-0.15, -0.1) is 0 Å². The second kappa shape index (κ2) is 13.8. The van der Waals surface area contributed by atoms with Crippen molar-refractivity contribution >= 4 is 32.2 Å². The number of ether oxygens (including phenoxy) is 2. The van der Waals surface area contributed by atoms with Gasteiger partial charge in [0.05, 0.1) is 9.79 Å². The van der Waals surface area contributed by atoms with Crippen molar-refractivity contribution in [2.75, 3.05) is 6.61 Å². The number of hydrogen-bond acceptors (Lipinski definition) is 8. The first-order valence-electron chi connectivity index (χ1n) is 11.7. The van der Waals surface area contributed by atoms with E-state index in [0.29, 0.717) is 12.8 Å². The van der Waals surface area contributed by atoms with Gasteiger partial charge in [0, 0.05) is 0 Å². The molecule has 0 aliphatic carbocycles. The van der Waals surface area contributed by atoms with Crippen LogP contribution in [0.2, 0.25) is 0 Å². The molecule has 0 aliphatic rings. The summed E-state index contributed by atoms with van der Waals surface area (Å²) >= 11 is 0. The quantitative estimate of drug-likeness (QED) is 0.292. The second-order valence-corrected chi connectivity index (χ2v) is 11.7. The minimum atomic E-state index is -4.11. The molecule has 0 fully saturated rings. The van der Waals surface area contributed by atoms with Crippen molar-refractivity contribution in [1.29, 1.82) is 0 Å². The van der Waals surface area contributed by atoms with Gasteiger partial charge in [0.15, 0.2) is 0 Å². The molecule has 0 heterocycles. The summed E-state index contributed by atoms with van der Waals surface area (Å²) in [5.74, 6) is 0. The Kier molecular flexibility index (Phi) is 11.1. The minimum absolute atomic E-state index is 0.0758. The highest BCUT2D eigenvalue weighted by Gasteiger charge is 2.21. The van der Waals surface area contributed by atoms with Crippen LogP contribution in [-0.2, 0) is 29.5 Å². The third kappa shape index (κ3) is 10.3. The maximum Gasteiger partial charge on any atom is 0.421 e. The lowest BCUT2D eigenvalue weighted by atomic mass is 10.1. The largest absolute Gasteiger partial charge is 0.445 e. The molecule has 0 aromatic heterocycles. The maximum atomic E-state index is 12.4. The van der Waals surface area contributed by atoms with E-state index in [1.54, 1.807) is 31.2 Å². The Morgan fingerprint density at radius 3 is 1.78 bits per heavy atom. The number of unbranched alkanes of at least 4 members (excludes halogenated alkanes) is 2. The van der Waals surface area contributed by atoms with E-state index >= 15 is 0 Å². The molecule has 0 saturated heterocycles. The molecule has 12 heteroatoms. The molecule has 2 N–H and O–H groups in total. The van der Waals surface area contributed by atoms with Crippen molar-refractivity contribution in [2.24, 2.45) is 0 Å². The number of carbonyl (C=O) groups excluding carboxylic acids is 2. The Morgan fingerprint density at radius 1 is 0.811 bits per heavy atom. The van der Waals surface area contributed by atoms with Gasteiger partial charge < -0.3 is 9.47 Å². The lowest BCUT2D eigenvalue weighted by Crippen LogP contribution is -2.33. The molecule has 2 aromatic rings. The van der Waals surface area contributed by atoms with Gasteiger partial charge >= 0.3 is 12.2 Å². The van der Waals surface area contributed by atoms with Gasteiger partial charge in [0.25, 0.3) is 20.0 Å². The van der Waals surface area contributed by atoms with Crippen molar-refractivity contribution in [3.8, 4) is 0 Å². The van der Waals surface area contributed by atoms with E-state index in [2.05, 4.69) is 0 Å². The number of aryl methyl sites for hydroxylation is 2. The Hall–Kier alpha value is -3.38. The van der Waals surface area contributed by atoms with Gasteiger partial charge in [-0.25, -0.2) is 35.9 Å². The van der Waals surface area contributed by atoms with Crippen LogP contribution in [-0.4, -0.2) is 41.7 Å². The summed E-state index contributed by atoms with van der Waals surface area (Å²) in [6.45, 7) is 5.31. The average molecular weight is 553 g/mol. The molecular weight excluding hydrogens is 520 g/mol. The van der Waals surface area contributed by atoms with Crippen LogP contribution in [0.3, 0.4) is 0 Å². The van der Waals surface area contributed by atoms with Crippen LogP contribution in [0.4, 0.5) is 9.59 Å². The fraction of sp³-hybridized carbons (Fsp3) is 0.360. The zero-order valence-electron chi connectivity index (χ0n) is 21.0. The highest BCUT2D eigenvalue weighted by Crippen LogP contribution is 2.13. The third-order valence-corrected chi connectivity index (χ3v) is 7.77. The van der Waals surface area contributed by atoms with Crippen molar-refractivity contribution in [3.05, 3.63) is 71.8 Å². The molecule has 10 nitrogen and oxygen atoms in total. The number of rotatable bonds is 12. The van der Waals surface area contributed by atoms with E-state index in [4.69, 9.17) is 9.47 Å². The first-order valence-corrected chi connectivity index (χ1v) is 14.6. The summed E-state index contributed by atoms with van der Waals surface area (Å²) in [7, 11) is -8.20. The van der Waals surface area contributed by atoms with Crippen LogP contribution in [0.5, 0.6) is 0 Å². The summed E-state index contributed by atoms with van der Waals surface area (Å²) < 4.78 is 63.2. The van der Waals surface area contributed by atoms with Crippen molar-refractivity contribution < 1.29 is 35.9 Å². The standard InChI is InChI=1S/C25H32N2O8S2/c1-4-5-6-8-21(35-25(29)27-37(32,33)23-16-12-20(3)13-17-23)9-7-18-34-24(28)26-36(30,31)22-14-10-19(2)11-15-22/h7,9-17,21H,4-6,8,18H2,1-3H3,(H,26,28)(H,27,29)/b9-7-. The topological polar surface area (TPSA) is 145 Å².